The Morgan fingerprint density at radius 1 is 1.67 bits per heavy atom. The van der Waals surface area contributed by atoms with Crippen molar-refractivity contribution in [2.45, 2.75) is 31.4 Å². The lowest BCUT2D eigenvalue weighted by atomic mass is 10.0. The first-order valence-electron chi connectivity index (χ1n) is 4.25. The molecule has 0 radical (unpaired) electrons. The van der Waals surface area contributed by atoms with Crippen LogP contribution in [0.15, 0.2) is 0 Å². The molecule has 0 aromatic heterocycles. The smallest absolute Gasteiger partial charge is 0.336 e. The molecule has 4 nitrogen and oxygen atoms in total. The Bertz CT molecular complexity index is 154. The molecule has 0 aromatic rings. The van der Waals surface area contributed by atoms with E-state index in [1.54, 1.807) is 0 Å². The third-order valence-corrected chi connectivity index (χ3v) is 2.17. The molecule has 0 aliphatic carbocycles. The molecule has 1 rings (SSSR count). The first kappa shape index (κ1) is 9.48. The number of piperidine rings is 1. The molecular formula is C8H15NO3. The zero-order valence-electron chi connectivity index (χ0n) is 7.25. The zero-order valence-corrected chi connectivity index (χ0v) is 7.25. The van der Waals surface area contributed by atoms with Gasteiger partial charge in [-0.2, -0.15) is 0 Å². The molecule has 0 saturated carbocycles. The molecule has 1 aliphatic heterocycles. The predicted molar refractivity (Wildman–Crippen MR) is 43.7 cm³/mol. The summed E-state index contributed by atoms with van der Waals surface area (Å²) in [6, 6.07) is -0.119. The van der Waals surface area contributed by atoms with Crippen molar-refractivity contribution in [2.75, 3.05) is 13.7 Å². The van der Waals surface area contributed by atoms with Crippen LogP contribution in [-0.4, -0.2) is 36.9 Å². The maximum atomic E-state index is 10.9. The van der Waals surface area contributed by atoms with E-state index in [0.717, 1.165) is 25.8 Å². The molecular weight excluding hydrogens is 158 g/mol. The molecule has 1 fully saturated rings. The summed E-state index contributed by atoms with van der Waals surface area (Å²) < 4.78 is 4.44. The molecule has 0 aromatic carbocycles. The highest BCUT2D eigenvalue weighted by atomic mass is 16.5. The van der Waals surface area contributed by atoms with E-state index in [2.05, 4.69) is 10.1 Å². The Labute approximate surface area is 71.9 Å². The fourth-order valence-corrected chi connectivity index (χ4v) is 1.43. The lowest BCUT2D eigenvalue weighted by molar-refractivity contribution is -0.152. The number of rotatable bonds is 2. The molecule has 70 valence electrons. The van der Waals surface area contributed by atoms with Gasteiger partial charge < -0.3 is 15.2 Å². The van der Waals surface area contributed by atoms with E-state index in [1.807, 2.05) is 0 Å². The van der Waals surface area contributed by atoms with Crippen LogP contribution in [0.3, 0.4) is 0 Å². The monoisotopic (exact) mass is 173 g/mol. The van der Waals surface area contributed by atoms with Crippen molar-refractivity contribution in [3.8, 4) is 0 Å². The summed E-state index contributed by atoms with van der Waals surface area (Å²) in [6.45, 7) is 0.874. The molecule has 2 N–H and O–H groups in total. The van der Waals surface area contributed by atoms with Crippen LogP contribution in [0.1, 0.15) is 19.3 Å². The summed E-state index contributed by atoms with van der Waals surface area (Å²) in [5.41, 5.74) is 0. The third kappa shape index (κ3) is 2.19. The van der Waals surface area contributed by atoms with Gasteiger partial charge in [0.1, 0.15) is 0 Å². The number of carbonyl (C=O) groups excluding carboxylic acids is 1. The van der Waals surface area contributed by atoms with Crippen molar-refractivity contribution in [1.29, 1.82) is 0 Å². The fourth-order valence-electron chi connectivity index (χ4n) is 1.43. The van der Waals surface area contributed by atoms with Crippen LogP contribution in [0.4, 0.5) is 0 Å². The van der Waals surface area contributed by atoms with E-state index < -0.39 is 12.1 Å². The molecule has 1 saturated heterocycles. The molecule has 12 heavy (non-hydrogen) atoms. The number of nitrogens with one attached hydrogen (secondary N) is 1. The van der Waals surface area contributed by atoms with Gasteiger partial charge in [-0.15, -0.1) is 0 Å². The van der Waals surface area contributed by atoms with Crippen LogP contribution in [0.25, 0.3) is 0 Å². The number of methoxy groups -OCH3 is 1. The minimum atomic E-state index is -1.00. The zero-order chi connectivity index (χ0) is 8.97. The average Bonchev–Trinajstić information content (AvgIpc) is 2.17. The molecule has 1 aliphatic rings. The van der Waals surface area contributed by atoms with Gasteiger partial charge in [0.2, 0.25) is 0 Å². The van der Waals surface area contributed by atoms with Crippen molar-refractivity contribution >= 4 is 5.97 Å². The number of esters is 1. The van der Waals surface area contributed by atoms with Crippen LogP contribution < -0.4 is 5.32 Å². The molecule has 0 spiro atoms. The Balaban J connectivity index is 2.39. The van der Waals surface area contributed by atoms with Crippen LogP contribution in [0.5, 0.6) is 0 Å². The summed E-state index contributed by atoms with van der Waals surface area (Å²) in [7, 11) is 1.29. The molecule has 0 amide bonds. The molecule has 2 atom stereocenters. The second kappa shape index (κ2) is 4.42. The topological polar surface area (TPSA) is 58.6 Å². The molecule has 1 heterocycles. The van der Waals surface area contributed by atoms with E-state index >= 15 is 0 Å². The second-order valence-electron chi connectivity index (χ2n) is 3.02. The summed E-state index contributed by atoms with van der Waals surface area (Å²) in [5.74, 6) is -0.547. The highest BCUT2D eigenvalue weighted by Crippen LogP contribution is 2.10. The number of hydrogen-bond acceptors (Lipinski definition) is 4. The van der Waals surface area contributed by atoms with E-state index in [4.69, 9.17) is 0 Å². The van der Waals surface area contributed by atoms with Gasteiger partial charge >= 0.3 is 5.97 Å². The Hall–Kier alpha value is -0.610. The number of ether oxygens (including phenoxy) is 1. The Morgan fingerprint density at radius 2 is 2.42 bits per heavy atom. The lowest BCUT2D eigenvalue weighted by Crippen LogP contribution is -2.47. The first-order chi connectivity index (χ1) is 5.75. The molecule has 0 unspecified atom stereocenters. The number of aliphatic hydroxyl groups excluding tert-OH is 1. The highest BCUT2D eigenvalue weighted by Gasteiger charge is 2.27. The Kier molecular flexibility index (Phi) is 3.49. The van der Waals surface area contributed by atoms with Crippen molar-refractivity contribution in [1.82, 2.24) is 5.32 Å². The first-order valence-corrected chi connectivity index (χ1v) is 4.25. The van der Waals surface area contributed by atoms with Gasteiger partial charge in [0.05, 0.1) is 7.11 Å². The van der Waals surface area contributed by atoms with Crippen molar-refractivity contribution < 1.29 is 14.6 Å². The second-order valence-corrected chi connectivity index (χ2v) is 3.02. The van der Waals surface area contributed by atoms with Crippen LogP contribution in [0.2, 0.25) is 0 Å². The van der Waals surface area contributed by atoms with Gasteiger partial charge in [0, 0.05) is 6.04 Å². The van der Waals surface area contributed by atoms with Gasteiger partial charge in [0.15, 0.2) is 6.10 Å². The van der Waals surface area contributed by atoms with E-state index in [0.29, 0.717) is 0 Å². The normalized spacial score (nSPS) is 26.3. The SMILES string of the molecule is COC(=O)[C@@H](O)[C@@H]1CCCCN1. The fraction of sp³-hybridized carbons (Fsp3) is 0.875. The Morgan fingerprint density at radius 3 is 2.92 bits per heavy atom. The maximum Gasteiger partial charge on any atom is 0.336 e. The van der Waals surface area contributed by atoms with Gasteiger partial charge in [0.25, 0.3) is 0 Å². The van der Waals surface area contributed by atoms with Crippen molar-refractivity contribution in [2.24, 2.45) is 0 Å². The van der Waals surface area contributed by atoms with Gasteiger partial charge in [-0.25, -0.2) is 4.79 Å². The minimum Gasteiger partial charge on any atom is -0.467 e. The summed E-state index contributed by atoms with van der Waals surface area (Å²) in [6.07, 6.45) is 2.02. The lowest BCUT2D eigenvalue weighted by Gasteiger charge is -2.26. The third-order valence-electron chi connectivity index (χ3n) is 2.17. The van der Waals surface area contributed by atoms with E-state index in [1.165, 1.54) is 7.11 Å². The summed E-state index contributed by atoms with van der Waals surface area (Å²) >= 11 is 0. The standard InChI is InChI=1S/C8H15NO3/c1-12-8(11)7(10)6-4-2-3-5-9-6/h6-7,9-10H,2-5H2,1H3/t6-,7-/m0/s1. The molecule has 4 heteroatoms. The van der Waals surface area contributed by atoms with Gasteiger partial charge in [-0.3, -0.25) is 0 Å². The number of hydrogen-bond donors (Lipinski definition) is 2. The predicted octanol–water partition coefficient (Wildman–Crippen LogP) is -0.338. The van der Waals surface area contributed by atoms with E-state index in [-0.39, 0.29) is 6.04 Å². The highest BCUT2D eigenvalue weighted by molar-refractivity contribution is 5.75. The molecule has 0 bridgehead atoms. The largest absolute Gasteiger partial charge is 0.467 e. The maximum absolute atomic E-state index is 10.9. The average molecular weight is 173 g/mol. The minimum absolute atomic E-state index is 0.119. The van der Waals surface area contributed by atoms with E-state index in [9.17, 15) is 9.90 Å². The van der Waals surface area contributed by atoms with Crippen LogP contribution >= 0.6 is 0 Å². The summed E-state index contributed by atoms with van der Waals surface area (Å²) in [5, 5.41) is 12.5. The quantitative estimate of drug-likeness (QED) is 0.561. The number of carbonyl (C=O) groups is 1. The van der Waals surface area contributed by atoms with Crippen LogP contribution in [0, 0.1) is 0 Å². The number of aliphatic hydroxyl groups is 1. The van der Waals surface area contributed by atoms with Gasteiger partial charge in [-0.05, 0) is 19.4 Å². The van der Waals surface area contributed by atoms with Crippen molar-refractivity contribution in [3.05, 3.63) is 0 Å². The van der Waals surface area contributed by atoms with Crippen molar-refractivity contribution in [3.63, 3.8) is 0 Å². The summed E-state index contributed by atoms with van der Waals surface area (Å²) in [4.78, 5) is 10.9. The van der Waals surface area contributed by atoms with Gasteiger partial charge in [-0.1, -0.05) is 6.42 Å². The van der Waals surface area contributed by atoms with Crippen LogP contribution in [-0.2, 0) is 9.53 Å².